The van der Waals surface area contributed by atoms with Crippen LogP contribution in [0.4, 0.5) is 8.78 Å². The smallest absolute Gasteiger partial charge is 0.347 e. The largest absolute Gasteiger partial charge is 0.478 e. The number of carbonyl (C=O) groups is 2. The number of piperidine rings is 1. The van der Waals surface area contributed by atoms with Crippen LogP contribution in [0, 0.1) is 11.6 Å². The van der Waals surface area contributed by atoms with E-state index in [9.17, 15) is 23.5 Å². The lowest BCUT2D eigenvalue weighted by Crippen LogP contribution is -2.39. The summed E-state index contributed by atoms with van der Waals surface area (Å²) < 4.78 is 32.8. The first-order chi connectivity index (χ1) is 13.7. The van der Waals surface area contributed by atoms with Gasteiger partial charge in [-0.3, -0.25) is 4.79 Å². The van der Waals surface area contributed by atoms with Gasteiger partial charge in [0.15, 0.2) is 5.60 Å². The van der Waals surface area contributed by atoms with Gasteiger partial charge >= 0.3 is 5.97 Å². The molecule has 0 saturated carbocycles. The Morgan fingerprint density at radius 2 is 1.76 bits per heavy atom. The molecule has 2 aromatic rings. The average Bonchev–Trinajstić information content (AvgIpc) is 2.68. The maximum Gasteiger partial charge on any atom is 0.347 e. The van der Waals surface area contributed by atoms with Crippen LogP contribution < -0.4 is 4.74 Å². The Labute approximate surface area is 167 Å². The molecule has 1 aliphatic rings. The lowest BCUT2D eigenvalue weighted by atomic mass is 9.88. The summed E-state index contributed by atoms with van der Waals surface area (Å²) in [5.41, 5.74) is -0.619. The van der Waals surface area contributed by atoms with Gasteiger partial charge in [0.2, 0.25) is 0 Å². The molecule has 2 aromatic carbocycles. The van der Waals surface area contributed by atoms with Crippen LogP contribution in [0.2, 0.25) is 0 Å². The SMILES string of the molecule is CC(C)(Oc1ccccc1C1CCN(C(=O)c2ccc(F)cc2F)CC1)C(=O)O. The molecule has 1 aliphatic heterocycles. The quantitative estimate of drug-likeness (QED) is 0.812. The Morgan fingerprint density at radius 3 is 2.38 bits per heavy atom. The summed E-state index contributed by atoms with van der Waals surface area (Å²) >= 11 is 0. The molecule has 1 N–H and O–H groups in total. The Bertz CT molecular complexity index is 921. The molecule has 0 bridgehead atoms. The molecular formula is C22H23F2NO4. The van der Waals surface area contributed by atoms with Gasteiger partial charge in [0, 0.05) is 19.2 Å². The highest BCUT2D eigenvalue weighted by atomic mass is 19.1. The van der Waals surface area contributed by atoms with Crippen molar-refractivity contribution in [1.82, 2.24) is 4.90 Å². The standard InChI is InChI=1S/C22H23F2NO4/c1-22(2,21(27)28)29-19-6-4-3-5-16(19)14-9-11-25(12-10-14)20(26)17-8-7-15(23)13-18(17)24/h3-8,13-14H,9-12H2,1-2H3,(H,27,28). The van der Waals surface area contributed by atoms with Crippen LogP contribution in [0.3, 0.4) is 0 Å². The average molecular weight is 403 g/mol. The molecule has 1 saturated heterocycles. The summed E-state index contributed by atoms with van der Waals surface area (Å²) in [6.45, 7) is 3.81. The maximum atomic E-state index is 13.9. The van der Waals surface area contributed by atoms with E-state index < -0.39 is 29.1 Å². The third-order valence-electron chi connectivity index (χ3n) is 5.18. The summed E-state index contributed by atoms with van der Waals surface area (Å²) in [5, 5.41) is 9.32. The summed E-state index contributed by atoms with van der Waals surface area (Å²) in [6.07, 6.45) is 1.25. The molecule has 0 aliphatic carbocycles. The lowest BCUT2D eigenvalue weighted by Gasteiger charge is -2.33. The Morgan fingerprint density at radius 1 is 1.10 bits per heavy atom. The topological polar surface area (TPSA) is 66.8 Å². The summed E-state index contributed by atoms with van der Waals surface area (Å²) in [5.74, 6) is -2.52. The molecule has 5 nitrogen and oxygen atoms in total. The van der Waals surface area contributed by atoms with E-state index in [1.54, 1.807) is 17.0 Å². The zero-order valence-electron chi connectivity index (χ0n) is 16.3. The lowest BCUT2D eigenvalue weighted by molar-refractivity contribution is -0.152. The van der Waals surface area contributed by atoms with Gasteiger partial charge in [-0.2, -0.15) is 0 Å². The highest BCUT2D eigenvalue weighted by Crippen LogP contribution is 2.36. The van der Waals surface area contributed by atoms with Crippen LogP contribution in [0.5, 0.6) is 5.75 Å². The fraction of sp³-hybridized carbons (Fsp3) is 0.364. The number of likely N-dealkylation sites (tertiary alicyclic amines) is 1. The Balaban J connectivity index is 1.71. The first kappa shape index (κ1) is 20.8. The van der Waals surface area contributed by atoms with E-state index >= 15 is 0 Å². The van der Waals surface area contributed by atoms with Crippen molar-refractivity contribution in [1.29, 1.82) is 0 Å². The van der Waals surface area contributed by atoms with E-state index in [4.69, 9.17) is 4.74 Å². The number of para-hydroxylation sites is 1. The zero-order valence-corrected chi connectivity index (χ0v) is 16.3. The minimum atomic E-state index is -1.37. The fourth-order valence-electron chi connectivity index (χ4n) is 3.46. The predicted octanol–water partition coefficient (Wildman–Crippen LogP) is 4.23. The molecule has 1 amide bonds. The molecule has 1 fully saturated rings. The van der Waals surface area contributed by atoms with Crippen LogP contribution in [-0.4, -0.2) is 40.6 Å². The van der Waals surface area contributed by atoms with E-state index in [0.29, 0.717) is 37.7 Å². The molecule has 1 heterocycles. The molecule has 0 spiro atoms. The number of hydrogen-bond acceptors (Lipinski definition) is 3. The van der Waals surface area contributed by atoms with Crippen molar-refractivity contribution in [3.8, 4) is 5.75 Å². The molecule has 3 rings (SSSR count). The summed E-state index contributed by atoms with van der Waals surface area (Å²) in [7, 11) is 0. The second-order valence-electron chi connectivity index (χ2n) is 7.65. The van der Waals surface area contributed by atoms with E-state index in [1.165, 1.54) is 13.8 Å². The molecule has 0 unspecified atom stereocenters. The van der Waals surface area contributed by atoms with Gasteiger partial charge in [0.25, 0.3) is 5.91 Å². The minimum absolute atomic E-state index is 0.0814. The number of nitrogens with zero attached hydrogens (tertiary/aromatic N) is 1. The first-order valence-corrected chi connectivity index (χ1v) is 9.44. The van der Waals surface area contributed by atoms with Crippen molar-refractivity contribution in [2.45, 2.75) is 38.2 Å². The van der Waals surface area contributed by atoms with Gasteiger partial charge in [-0.15, -0.1) is 0 Å². The van der Waals surface area contributed by atoms with Crippen LogP contribution in [0.15, 0.2) is 42.5 Å². The van der Waals surface area contributed by atoms with E-state index in [1.807, 2.05) is 12.1 Å². The molecule has 7 heteroatoms. The highest BCUT2D eigenvalue weighted by Gasteiger charge is 2.32. The Hall–Kier alpha value is -2.96. The minimum Gasteiger partial charge on any atom is -0.478 e. The number of ether oxygens (including phenoxy) is 1. The second-order valence-corrected chi connectivity index (χ2v) is 7.65. The van der Waals surface area contributed by atoms with E-state index in [0.717, 1.165) is 17.7 Å². The number of carboxylic acid groups (broad SMARTS) is 1. The second kappa shape index (κ2) is 8.19. The maximum absolute atomic E-state index is 13.9. The van der Waals surface area contributed by atoms with Crippen LogP contribution >= 0.6 is 0 Å². The van der Waals surface area contributed by atoms with Crippen molar-refractivity contribution >= 4 is 11.9 Å². The normalized spacial score (nSPS) is 15.2. The van der Waals surface area contributed by atoms with Gasteiger partial charge in [-0.05, 0) is 56.4 Å². The zero-order chi connectivity index (χ0) is 21.2. The molecule has 0 aromatic heterocycles. The highest BCUT2D eigenvalue weighted by molar-refractivity contribution is 5.94. The van der Waals surface area contributed by atoms with E-state index in [2.05, 4.69) is 0 Å². The number of hydrogen-bond donors (Lipinski definition) is 1. The van der Waals surface area contributed by atoms with Gasteiger partial charge in [-0.25, -0.2) is 13.6 Å². The number of carboxylic acids is 1. The third kappa shape index (κ3) is 4.55. The van der Waals surface area contributed by atoms with Crippen molar-refractivity contribution in [3.05, 3.63) is 65.2 Å². The van der Waals surface area contributed by atoms with E-state index in [-0.39, 0.29) is 11.5 Å². The molecular weight excluding hydrogens is 380 g/mol. The molecule has 154 valence electrons. The molecule has 0 radical (unpaired) electrons. The van der Waals surface area contributed by atoms with Crippen molar-refractivity contribution < 1.29 is 28.2 Å². The number of aliphatic carboxylic acids is 1. The number of rotatable bonds is 5. The Kier molecular flexibility index (Phi) is 5.86. The fourth-order valence-corrected chi connectivity index (χ4v) is 3.46. The third-order valence-corrected chi connectivity index (χ3v) is 5.18. The summed E-state index contributed by atoms with van der Waals surface area (Å²) in [6, 6.07) is 10.2. The van der Waals surface area contributed by atoms with Gasteiger partial charge in [0.05, 0.1) is 5.56 Å². The van der Waals surface area contributed by atoms with Crippen molar-refractivity contribution in [3.63, 3.8) is 0 Å². The van der Waals surface area contributed by atoms with Gasteiger partial charge in [-0.1, -0.05) is 18.2 Å². The van der Waals surface area contributed by atoms with Gasteiger partial charge < -0.3 is 14.7 Å². The number of halogens is 2. The van der Waals surface area contributed by atoms with Crippen LogP contribution in [-0.2, 0) is 4.79 Å². The number of amides is 1. The number of benzene rings is 2. The molecule has 29 heavy (non-hydrogen) atoms. The van der Waals surface area contributed by atoms with Crippen molar-refractivity contribution in [2.24, 2.45) is 0 Å². The van der Waals surface area contributed by atoms with Crippen LogP contribution in [0.25, 0.3) is 0 Å². The monoisotopic (exact) mass is 403 g/mol. The summed E-state index contributed by atoms with van der Waals surface area (Å²) in [4.78, 5) is 25.5. The molecule has 0 atom stereocenters. The first-order valence-electron chi connectivity index (χ1n) is 9.44. The van der Waals surface area contributed by atoms with Gasteiger partial charge in [0.1, 0.15) is 17.4 Å². The number of carbonyl (C=O) groups excluding carboxylic acids is 1. The predicted molar refractivity (Wildman–Crippen MR) is 103 cm³/mol. The van der Waals surface area contributed by atoms with Crippen molar-refractivity contribution in [2.75, 3.05) is 13.1 Å². The van der Waals surface area contributed by atoms with Crippen LogP contribution in [0.1, 0.15) is 48.5 Å².